The van der Waals surface area contributed by atoms with Crippen molar-refractivity contribution in [2.45, 2.75) is 13.0 Å². The molecule has 1 aromatic heterocycles. The Morgan fingerprint density at radius 3 is 2.61 bits per heavy atom. The minimum absolute atomic E-state index is 0.149. The van der Waals surface area contributed by atoms with Gasteiger partial charge in [0.1, 0.15) is 12.1 Å². The number of hydrogen-bond acceptors (Lipinski definition) is 5. The molecule has 2 rings (SSSR count). The van der Waals surface area contributed by atoms with Gasteiger partial charge in [0, 0.05) is 6.20 Å². The maximum atomic E-state index is 5.59. The molecule has 18 heavy (non-hydrogen) atoms. The molecule has 0 amide bonds. The summed E-state index contributed by atoms with van der Waals surface area (Å²) >= 11 is 0. The maximum Gasteiger partial charge on any atom is 0.119 e. The lowest BCUT2D eigenvalue weighted by Gasteiger charge is -2.15. The first-order valence-electron chi connectivity index (χ1n) is 5.80. The summed E-state index contributed by atoms with van der Waals surface area (Å²) in [4.78, 5) is 8.09. The van der Waals surface area contributed by atoms with Gasteiger partial charge in [0.2, 0.25) is 0 Å². The minimum Gasteiger partial charge on any atom is -0.494 e. The van der Waals surface area contributed by atoms with E-state index >= 15 is 0 Å². The standard InChI is InChI=1S/C13H16N4O/c1-2-18-11-5-3-10(4-6-11)13(17-14)12-7-8-15-9-16-12/h3-9,13,17H,2,14H2,1H3. The van der Waals surface area contributed by atoms with E-state index in [1.165, 1.54) is 6.33 Å². The molecule has 0 aliphatic heterocycles. The van der Waals surface area contributed by atoms with Crippen molar-refractivity contribution in [3.05, 3.63) is 54.1 Å². The van der Waals surface area contributed by atoms with Crippen LogP contribution in [0.2, 0.25) is 0 Å². The van der Waals surface area contributed by atoms with E-state index in [-0.39, 0.29) is 6.04 Å². The summed E-state index contributed by atoms with van der Waals surface area (Å²) in [5, 5.41) is 0. The van der Waals surface area contributed by atoms with Crippen LogP contribution in [0.4, 0.5) is 0 Å². The molecular formula is C13H16N4O. The first-order chi connectivity index (χ1) is 8.85. The van der Waals surface area contributed by atoms with Gasteiger partial charge in [-0.15, -0.1) is 0 Å². The highest BCUT2D eigenvalue weighted by molar-refractivity contribution is 5.32. The van der Waals surface area contributed by atoms with E-state index in [4.69, 9.17) is 10.6 Å². The summed E-state index contributed by atoms with van der Waals surface area (Å²) in [7, 11) is 0. The Hall–Kier alpha value is -1.98. The minimum atomic E-state index is -0.149. The van der Waals surface area contributed by atoms with E-state index in [2.05, 4.69) is 15.4 Å². The Labute approximate surface area is 106 Å². The van der Waals surface area contributed by atoms with Crippen LogP contribution in [0.25, 0.3) is 0 Å². The summed E-state index contributed by atoms with van der Waals surface area (Å²) in [5.74, 6) is 6.44. The smallest absolute Gasteiger partial charge is 0.119 e. The van der Waals surface area contributed by atoms with Crippen molar-refractivity contribution >= 4 is 0 Å². The van der Waals surface area contributed by atoms with Gasteiger partial charge in [-0.3, -0.25) is 5.84 Å². The number of rotatable bonds is 5. The van der Waals surface area contributed by atoms with Crippen LogP contribution in [0.1, 0.15) is 24.2 Å². The van der Waals surface area contributed by atoms with Crippen LogP contribution in [0, 0.1) is 0 Å². The number of nitrogens with one attached hydrogen (secondary N) is 1. The van der Waals surface area contributed by atoms with Crippen LogP contribution in [0.15, 0.2) is 42.9 Å². The molecule has 0 radical (unpaired) electrons. The lowest BCUT2D eigenvalue weighted by Crippen LogP contribution is -2.29. The molecule has 94 valence electrons. The van der Waals surface area contributed by atoms with Gasteiger partial charge in [-0.1, -0.05) is 12.1 Å². The normalized spacial score (nSPS) is 12.1. The van der Waals surface area contributed by atoms with Gasteiger partial charge in [0.25, 0.3) is 0 Å². The number of benzene rings is 1. The number of nitrogens with zero attached hydrogens (tertiary/aromatic N) is 2. The molecule has 0 bridgehead atoms. The molecule has 1 aromatic carbocycles. The topological polar surface area (TPSA) is 73.1 Å². The molecule has 0 aliphatic carbocycles. The van der Waals surface area contributed by atoms with Crippen LogP contribution in [0.5, 0.6) is 5.75 Å². The lowest BCUT2D eigenvalue weighted by molar-refractivity contribution is 0.340. The molecule has 0 saturated carbocycles. The molecule has 1 atom stereocenters. The molecule has 1 heterocycles. The maximum absolute atomic E-state index is 5.59. The Kier molecular flexibility index (Phi) is 4.22. The molecule has 2 aromatic rings. The second kappa shape index (κ2) is 6.09. The van der Waals surface area contributed by atoms with Crippen molar-refractivity contribution in [3.63, 3.8) is 0 Å². The van der Waals surface area contributed by atoms with Crippen LogP contribution in [-0.4, -0.2) is 16.6 Å². The van der Waals surface area contributed by atoms with E-state index in [1.54, 1.807) is 6.20 Å². The highest BCUT2D eigenvalue weighted by Crippen LogP contribution is 2.21. The average Bonchev–Trinajstić information content (AvgIpc) is 2.43. The van der Waals surface area contributed by atoms with Crippen molar-refractivity contribution in [3.8, 4) is 5.75 Å². The van der Waals surface area contributed by atoms with E-state index < -0.39 is 0 Å². The van der Waals surface area contributed by atoms with Crippen molar-refractivity contribution in [1.82, 2.24) is 15.4 Å². The zero-order valence-corrected chi connectivity index (χ0v) is 10.2. The fraction of sp³-hybridized carbons (Fsp3) is 0.231. The summed E-state index contributed by atoms with van der Waals surface area (Å²) in [6, 6.07) is 9.47. The van der Waals surface area contributed by atoms with Crippen LogP contribution in [0.3, 0.4) is 0 Å². The first kappa shape index (κ1) is 12.5. The molecule has 0 spiro atoms. The van der Waals surface area contributed by atoms with Gasteiger partial charge in [-0.05, 0) is 30.7 Å². The third-order valence-electron chi connectivity index (χ3n) is 2.59. The zero-order chi connectivity index (χ0) is 12.8. The van der Waals surface area contributed by atoms with Crippen molar-refractivity contribution in [1.29, 1.82) is 0 Å². The Morgan fingerprint density at radius 1 is 1.28 bits per heavy atom. The third kappa shape index (κ3) is 2.82. The number of aromatic nitrogens is 2. The predicted molar refractivity (Wildman–Crippen MR) is 68.8 cm³/mol. The van der Waals surface area contributed by atoms with Gasteiger partial charge in [0.15, 0.2) is 0 Å². The summed E-state index contributed by atoms with van der Waals surface area (Å²) in [5.41, 5.74) is 4.61. The SMILES string of the molecule is CCOc1ccc(C(NN)c2ccncn2)cc1. The van der Waals surface area contributed by atoms with Gasteiger partial charge in [0.05, 0.1) is 18.3 Å². The Balaban J connectivity index is 2.23. The second-order valence-electron chi connectivity index (χ2n) is 3.74. The van der Waals surface area contributed by atoms with Gasteiger partial charge >= 0.3 is 0 Å². The monoisotopic (exact) mass is 244 g/mol. The van der Waals surface area contributed by atoms with Crippen LogP contribution < -0.4 is 16.0 Å². The number of ether oxygens (including phenoxy) is 1. The summed E-state index contributed by atoms with van der Waals surface area (Å²) < 4.78 is 5.40. The molecule has 3 N–H and O–H groups in total. The van der Waals surface area contributed by atoms with Crippen LogP contribution >= 0.6 is 0 Å². The Bertz CT molecular complexity index is 472. The molecule has 0 aliphatic rings. The van der Waals surface area contributed by atoms with Crippen molar-refractivity contribution in [2.24, 2.45) is 5.84 Å². The van der Waals surface area contributed by atoms with E-state index in [0.717, 1.165) is 17.0 Å². The molecule has 0 saturated heterocycles. The van der Waals surface area contributed by atoms with E-state index in [9.17, 15) is 0 Å². The van der Waals surface area contributed by atoms with Gasteiger partial charge in [-0.2, -0.15) is 0 Å². The van der Waals surface area contributed by atoms with E-state index in [1.807, 2.05) is 37.3 Å². The van der Waals surface area contributed by atoms with Crippen LogP contribution in [-0.2, 0) is 0 Å². The number of nitrogens with two attached hydrogens (primary N) is 1. The fourth-order valence-corrected chi connectivity index (χ4v) is 1.75. The summed E-state index contributed by atoms with van der Waals surface area (Å²) in [6.45, 7) is 2.61. The highest BCUT2D eigenvalue weighted by Gasteiger charge is 2.13. The second-order valence-corrected chi connectivity index (χ2v) is 3.74. The summed E-state index contributed by atoms with van der Waals surface area (Å²) in [6.07, 6.45) is 3.20. The largest absolute Gasteiger partial charge is 0.494 e. The van der Waals surface area contributed by atoms with Gasteiger partial charge < -0.3 is 4.74 Å². The number of hydrogen-bond donors (Lipinski definition) is 2. The fourth-order valence-electron chi connectivity index (χ4n) is 1.75. The van der Waals surface area contributed by atoms with Crippen molar-refractivity contribution in [2.75, 3.05) is 6.61 Å². The zero-order valence-electron chi connectivity index (χ0n) is 10.2. The third-order valence-corrected chi connectivity index (χ3v) is 2.59. The molecule has 5 heteroatoms. The molecular weight excluding hydrogens is 228 g/mol. The van der Waals surface area contributed by atoms with Gasteiger partial charge in [-0.25, -0.2) is 15.4 Å². The van der Waals surface area contributed by atoms with E-state index in [0.29, 0.717) is 6.61 Å². The predicted octanol–water partition coefficient (Wildman–Crippen LogP) is 1.43. The molecule has 5 nitrogen and oxygen atoms in total. The first-order valence-corrected chi connectivity index (χ1v) is 5.80. The van der Waals surface area contributed by atoms with Crippen molar-refractivity contribution < 1.29 is 4.74 Å². The molecule has 0 fully saturated rings. The highest BCUT2D eigenvalue weighted by atomic mass is 16.5. The molecule has 1 unspecified atom stereocenters. The number of hydrazine groups is 1. The lowest BCUT2D eigenvalue weighted by atomic mass is 10.0. The average molecular weight is 244 g/mol. The Morgan fingerprint density at radius 2 is 2.06 bits per heavy atom. The quantitative estimate of drug-likeness (QED) is 0.615.